The largest absolute Gasteiger partial charge is 0.415 e. The number of rotatable bonds is 2. The molecule has 6 heteroatoms. The second-order valence-corrected chi connectivity index (χ2v) is 3.98. The van der Waals surface area contributed by atoms with Crippen molar-refractivity contribution in [1.82, 2.24) is 10.2 Å². The van der Waals surface area contributed by atoms with Crippen LogP contribution in [0.4, 0.5) is 8.78 Å². The van der Waals surface area contributed by atoms with Gasteiger partial charge in [-0.15, -0.1) is 10.2 Å². The van der Waals surface area contributed by atoms with Crippen LogP contribution in [0.5, 0.6) is 0 Å². The van der Waals surface area contributed by atoms with Crippen LogP contribution in [0, 0.1) is 6.92 Å². The Morgan fingerprint density at radius 3 is 2.69 bits per heavy atom. The van der Waals surface area contributed by atoms with Crippen molar-refractivity contribution in [2.75, 3.05) is 0 Å². The minimum absolute atomic E-state index is 0.0888. The van der Waals surface area contributed by atoms with Gasteiger partial charge in [-0.3, -0.25) is 0 Å². The summed E-state index contributed by atoms with van der Waals surface area (Å²) in [7, 11) is 0. The fraction of sp³-hybridized carbons (Fsp3) is 0.200. The van der Waals surface area contributed by atoms with Crippen molar-refractivity contribution in [3.63, 3.8) is 0 Å². The summed E-state index contributed by atoms with van der Waals surface area (Å²) in [6.45, 7) is 1.89. The molecule has 0 amide bonds. The number of hydrogen-bond acceptors (Lipinski definition) is 3. The van der Waals surface area contributed by atoms with Gasteiger partial charge in [-0.1, -0.05) is 12.1 Å². The van der Waals surface area contributed by atoms with E-state index in [1.807, 2.05) is 13.0 Å². The first-order valence-electron chi connectivity index (χ1n) is 4.46. The first kappa shape index (κ1) is 11.2. The average molecular weight is 289 g/mol. The van der Waals surface area contributed by atoms with Crippen LogP contribution < -0.4 is 0 Å². The van der Waals surface area contributed by atoms with E-state index in [4.69, 9.17) is 4.42 Å². The van der Waals surface area contributed by atoms with Crippen LogP contribution in [0.3, 0.4) is 0 Å². The second-order valence-electron chi connectivity index (χ2n) is 3.18. The Hall–Kier alpha value is -1.30. The lowest BCUT2D eigenvalue weighted by Crippen LogP contribution is -1.83. The number of hydrogen-bond donors (Lipinski definition) is 0. The molecule has 0 fully saturated rings. The molecule has 0 aliphatic rings. The van der Waals surface area contributed by atoms with E-state index in [1.165, 1.54) is 0 Å². The van der Waals surface area contributed by atoms with Crippen LogP contribution in [0.25, 0.3) is 11.5 Å². The molecular formula is C10H7BrF2N2O. The molecule has 0 bridgehead atoms. The third-order valence-electron chi connectivity index (χ3n) is 2.05. The van der Waals surface area contributed by atoms with Crippen molar-refractivity contribution in [2.45, 2.75) is 13.3 Å². The third kappa shape index (κ3) is 1.97. The summed E-state index contributed by atoms with van der Waals surface area (Å²) >= 11 is 3.35. The van der Waals surface area contributed by atoms with E-state index < -0.39 is 12.3 Å². The van der Waals surface area contributed by atoms with Gasteiger partial charge in [0.25, 0.3) is 5.89 Å². The molecule has 2 rings (SSSR count). The van der Waals surface area contributed by atoms with Crippen molar-refractivity contribution >= 4 is 15.9 Å². The van der Waals surface area contributed by atoms with Crippen molar-refractivity contribution in [3.05, 3.63) is 34.1 Å². The Kier molecular flexibility index (Phi) is 3.00. The monoisotopic (exact) mass is 288 g/mol. The van der Waals surface area contributed by atoms with Gasteiger partial charge < -0.3 is 4.42 Å². The van der Waals surface area contributed by atoms with Crippen LogP contribution in [0.15, 0.2) is 27.1 Å². The molecule has 1 aromatic carbocycles. The molecule has 0 radical (unpaired) electrons. The van der Waals surface area contributed by atoms with Crippen molar-refractivity contribution < 1.29 is 13.2 Å². The molecule has 1 heterocycles. The SMILES string of the molecule is Cc1cccc(-c2nnc(C(F)F)o2)c1Br. The molecule has 0 atom stereocenters. The van der Waals surface area contributed by atoms with Gasteiger partial charge in [0, 0.05) is 4.47 Å². The molecule has 16 heavy (non-hydrogen) atoms. The summed E-state index contributed by atoms with van der Waals surface area (Å²) in [4.78, 5) is 0. The van der Waals surface area contributed by atoms with Gasteiger partial charge in [0.05, 0.1) is 5.56 Å². The molecule has 0 aliphatic carbocycles. The van der Waals surface area contributed by atoms with Crippen LogP contribution in [0.2, 0.25) is 0 Å². The van der Waals surface area contributed by atoms with Gasteiger partial charge in [0.2, 0.25) is 5.89 Å². The van der Waals surface area contributed by atoms with Gasteiger partial charge >= 0.3 is 6.43 Å². The quantitative estimate of drug-likeness (QED) is 0.845. The summed E-state index contributed by atoms with van der Waals surface area (Å²) in [5.41, 5.74) is 1.58. The van der Waals surface area contributed by atoms with Gasteiger partial charge in [-0.2, -0.15) is 8.78 Å². The number of halogens is 3. The summed E-state index contributed by atoms with van der Waals surface area (Å²) in [6.07, 6.45) is -2.75. The molecule has 1 aromatic heterocycles. The number of nitrogens with zero attached hydrogens (tertiary/aromatic N) is 2. The van der Waals surface area contributed by atoms with Gasteiger partial charge in [0.15, 0.2) is 0 Å². The Morgan fingerprint density at radius 2 is 2.06 bits per heavy atom. The smallest absolute Gasteiger partial charge is 0.314 e. The summed E-state index contributed by atoms with van der Waals surface area (Å²) in [6, 6.07) is 5.40. The molecule has 0 saturated heterocycles. The van der Waals surface area contributed by atoms with E-state index in [-0.39, 0.29) is 5.89 Å². The van der Waals surface area contributed by atoms with E-state index in [9.17, 15) is 8.78 Å². The van der Waals surface area contributed by atoms with Crippen LogP contribution in [-0.2, 0) is 0 Å². The third-order valence-corrected chi connectivity index (χ3v) is 3.10. The van der Waals surface area contributed by atoms with Crippen LogP contribution in [-0.4, -0.2) is 10.2 Å². The lowest BCUT2D eigenvalue weighted by molar-refractivity contribution is 0.116. The summed E-state index contributed by atoms with van der Waals surface area (Å²) < 4.78 is 30.2. The summed E-state index contributed by atoms with van der Waals surface area (Å²) in [5.74, 6) is -0.575. The molecule has 3 nitrogen and oxygen atoms in total. The van der Waals surface area contributed by atoms with E-state index in [1.54, 1.807) is 12.1 Å². The highest BCUT2D eigenvalue weighted by atomic mass is 79.9. The predicted octanol–water partition coefficient (Wildman–Crippen LogP) is 3.75. The predicted molar refractivity (Wildman–Crippen MR) is 57.1 cm³/mol. The maximum absolute atomic E-state index is 12.3. The first-order chi connectivity index (χ1) is 7.59. The van der Waals surface area contributed by atoms with Gasteiger partial charge in [-0.25, -0.2) is 0 Å². The minimum Gasteiger partial charge on any atom is -0.415 e. The number of benzene rings is 1. The fourth-order valence-electron chi connectivity index (χ4n) is 1.24. The highest BCUT2D eigenvalue weighted by molar-refractivity contribution is 9.10. The number of aromatic nitrogens is 2. The van der Waals surface area contributed by atoms with Crippen molar-refractivity contribution in [2.24, 2.45) is 0 Å². The molecular weight excluding hydrogens is 282 g/mol. The zero-order chi connectivity index (χ0) is 11.7. The van der Waals surface area contributed by atoms with Crippen molar-refractivity contribution in [1.29, 1.82) is 0 Å². The van der Waals surface area contributed by atoms with Crippen LogP contribution in [0.1, 0.15) is 17.9 Å². The van der Waals surface area contributed by atoms with E-state index in [0.717, 1.165) is 10.0 Å². The maximum atomic E-state index is 12.3. The Labute approximate surface area is 98.6 Å². The summed E-state index contributed by atoms with van der Waals surface area (Å²) in [5, 5.41) is 6.86. The number of aryl methyl sites for hydroxylation is 1. The zero-order valence-electron chi connectivity index (χ0n) is 8.25. The lowest BCUT2D eigenvalue weighted by atomic mass is 10.1. The molecule has 0 spiro atoms. The molecule has 84 valence electrons. The van der Waals surface area contributed by atoms with E-state index in [0.29, 0.717) is 5.56 Å². The van der Waals surface area contributed by atoms with E-state index >= 15 is 0 Å². The molecule has 2 aromatic rings. The van der Waals surface area contributed by atoms with Gasteiger partial charge in [0.1, 0.15) is 0 Å². The van der Waals surface area contributed by atoms with Gasteiger partial charge in [-0.05, 0) is 34.5 Å². The fourth-order valence-corrected chi connectivity index (χ4v) is 1.68. The minimum atomic E-state index is -2.75. The average Bonchev–Trinajstić information content (AvgIpc) is 2.71. The molecule has 0 saturated carbocycles. The number of alkyl halides is 2. The van der Waals surface area contributed by atoms with Crippen molar-refractivity contribution in [3.8, 4) is 11.5 Å². The molecule has 0 unspecified atom stereocenters. The lowest BCUT2D eigenvalue weighted by Gasteiger charge is -2.01. The van der Waals surface area contributed by atoms with Crippen LogP contribution >= 0.6 is 15.9 Å². The Bertz CT molecular complexity index is 513. The Balaban J connectivity index is 2.47. The maximum Gasteiger partial charge on any atom is 0.314 e. The topological polar surface area (TPSA) is 38.9 Å². The standard InChI is InChI=1S/C10H7BrF2N2O/c1-5-3-2-4-6(7(5)11)9-14-15-10(16-9)8(12)13/h2-4,8H,1H3. The molecule has 0 aliphatic heterocycles. The highest BCUT2D eigenvalue weighted by Gasteiger charge is 2.18. The normalized spacial score (nSPS) is 11.1. The zero-order valence-corrected chi connectivity index (χ0v) is 9.83. The molecule has 0 N–H and O–H groups in total. The highest BCUT2D eigenvalue weighted by Crippen LogP contribution is 2.31. The second kappa shape index (κ2) is 4.29. The Morgan fingerprint density at radius 1 is 1.31 bits per heavy atom. The first-order valence-corrected chi connectivity index (χ1v) is 5.26. The van der Waals surface area contributed by atoms with E-state index in [2.05, 4.69) is 26.1 Å².